The summed E-state index contributed by atoms with van der Waals surface area (Å²) in [6, 6.07) is 5.19. The molecule has 1 aliphatic rings. The van der Waals surface area contributed by atoms with Gasteiger partial charge in [0.15, 0.2) is 0 Å². The molecule has 0 aromatic heterocycles. The van der Waals surface area contributed by atoms with Gasteiger partial charge in [-0.2, -0.15) is 0 Å². The topological polar surface area (TPSA) is 59.1 Å². The number of nitrogens with two attached hydrogens (primary N) is 1. The second kappa shape index (κ2) is 7.97. The van der Waals surface area contributed by atoms with Crippen LogP contribution in [0.5, 0.6) is 5.75 Å². The van der Waals surface area contributed by atoms with Gasteiger partial charge in [0.1, 0.15) is 5.75 Å². The first-order valence-electron chi connectivity index (χ1n) is 7.33. The van der Waals surface area contributed by atoms with Crippen LogP contribution in [-0.4, -0.2) is 18.1 Å². The molecule has 0 spiro atoms. The predicted octanol–water partition coefficient (Wildman–Crippen LogP) is 4.39. The third-order valence-corrected chi connectivity index (χ3v) is 3.08. The lowest BCUT2D eigenvalue weighted by Gasteiger charge is -2.19. The molecule has 0 aliphatic heterocycles. The van der Waals surface area contributed by atoms with E-state index >= 15 is 0 Å². The highest BCUT2D eigenvalue weighted by Crippen LogP contribution is 2.24. The zero-order valence-corrected chi connectivity index (χ0v) is 13.4. The van der Waals surface area contributed by atoms with Gasteiger partial charge in [-0.15, -0.1) is 13.2 Å². The lowest BCUT2D eigenvalue weighted by Crippen LogP contribution is -2.32. The van der Waals surface area contributed by atoms with Crippen molar-refractivity contribution in [1.29, 1.82) is 5.41 Å². The highest BCUT2D eigenvalue weighted by Gasteiger charge is 2.31. The number of hydrogen-bond donors (Lipinski definition) is 2. The fourth-order valence-electron chi connectivity index (χ4n) is 2.16. The molecular formula is C17H21F3N2O. The summed E-state index contributed by atoms with van der Waals surface area (Å²) in [5, 5.41) is 7.94. The third kappa shape index (κ3) is 5.90. The van der Waals surface area contributed by atoms with Crippen LogP contribution < -0.4 is 10.5 Å². The Kier molecular flexibility index (Phi) is 6.57. The molecule has 3 N–H and O–H groups in total. The molecule has 0 heterocycles. The van der Waals surface area contributed by atoms with Gasteiger partial charge in [0.05, 0.1) is 11.8 Å². The Morgan fingerprint density at radius 2 is 1.74 bits per heavy atom. The molecule has 0 fully saturated rings. The van der Waals surface area contributed by atoms with Gasteiger partial charge in [0.25, 0.3) is 0 Å². The van der Waals surface area contributed by atoms with Gasteiger partial charge in [-0.1, -0.05) is 43.7 Å². The summed E-state index contributed by atoms with van der Waals surface area (Å²) in [6.45, 7) is 5.90. The summed E-state index contributed by atoms with van der Waals surface area (Å²) < 4.78 is 40.0. The number of halogens is 3. The fourth-order valence-corrected chi connectivity index (χ4v) is 2.16. The van der Waals surface area contributed by atoms with Gasteiger partial charge < -0.3 is 15.9 Å². The van der Waals surface area contributed by atoms with Crippen molar-refractivity contribution in [2.24, 2.45) is 5.73 Å². The zero-order chi connectivity index (χ0) is 17.6. The van der Waals surface area contributed by atoms with E-state index in [9.17, 15) is 13.2 Å². The van der Waals surface area contributed by atoms with Crippen molar-refractivity contribution in [2.45, 2.75) is 39.6 Å². The number of nitrogens with one attached hydrogen (secondary N) is 1. The first-order chi connectivity index (χ1) is 10.7. The van der Waals surface area contributed by atoms with Crippen LogP contribution in [0.4, 0.5) is 13.2 Å². The Morgan fingerprint density at radius 3 is 2.26 bits per heavy atom. The summed E-state index contributed by atoms with van der Waals surface area (Å²) >= 11 is 0. The Bertz CT molecular complexity index is 601. The molecule has 126 valence electrons. The average molecular weight is 326 g/mol. The maximum Gasteiger partial charge on any atom is 0.573 e. The monoisotopic (exact) mass is 326 g/mol. The minimum atomic E-state index is -4.69. The maximum absolute atomic E-state index is 12.1. The van der Waals surface area contributed by atoms with E-state index < -0.39 is 12.4 Å². The molecule has 1 atom stereocenters. The number of rotatable bonds is 3. The minimum absolute atomic E-state index is 0.258. The maximum atomic E-state index is 12.1. The van der Waals surface area contributed by atoms with Crippen molar-refractivity contribution in [3.05, 3.63) is 53.1 Å². The lowest BCUT2D eigenvalue weighted by atomic mass is 9.90. The van der Waals surface area contributed by atoms with E-state index in [0.717, 1.165) is 16.7 Å². The average Bonchev–Trinajstić information content (AvgIpc) is 2.47. The number of allylic oxidation sites excluding steroid dienone is 2. The van der Waals surface area contributed by atoms with E-state index in [-0.39, 0.29) is 5.75 Å². The molecule has 6 heteroatoms. The summed E-state index contributed by atoms with van der Waals surface area (Å²) in [7, 11) is 0. The molecular weight excluding hydrogens is 305 g/mol. The zero-order valence-electron chi connectivity index (χ0n) is 13.4. The van der Waals surface area contributed by atoms with E-state index in [1.165, 1.54) is 12.1 Å². The summed E-state index contributed by atoms with van der Waals surface area (Å²) in [5.74, 6) is -0.258. The quantitative estimate of drug-likeness (QED) is 0.865. The molecule has 2 rings (SSSR count). The van der Waals surface area contributed by atoms with Crippen molar-refractivity contribution in [3.8, 4) is 5.75 Å². The molecule has 0 amide bonds. The van der Waals surface area contributed by atoms with Crippen molar-refractivity contribution in [1.82, 2.24) is 0 Å². The van der Waals surface area contributed by atoms with Gasteiger partial charge >= 0.3 is 6.36 Å². The van der Waals surface area contributed by atoms with E-state index in [4.69, 9.17) is 11.1 Å². The van der Waals surface area contributed by atoms with Gasteiger partial charge in [0.2, 0.25) is 0 Å². The number of benzene rings is 1. The standard InChI is InChI=1S/C15H15F3N2O.C2H6/c1-9-6-11(14(20)13(19)7-9)8-10-2-4-12(5-3-10)21-15(16,17)18;1-2/h2-7,13,20H,8,19H2,1H3;1-2H3. The van der Waals surface area contributed by atoms with Crippen molar-refractivity contribution in [2.75, 3.05) is 0 Å². The second-order valence-corrected chi connectivity index (χ2v) is 4.89. The Hall–Kier alpha value is -2.08. The fraction of sp³-hybridized carbons (Fsp3) is 0.353. The van der Waals surface area contributed by atoms with Crippen LogP contribution in [0.3, 0.4) is 0 Å². The van der Waals surface area contributed by atoms with Crippen LogP contribution >= 0.6 is 0 Å². The molecule has 1 aromatic rings. The van der Waals surface area contributed by atoms with E-state index in [1.54, 1.807) is 18.2 Å². The summed E-state index contributed by atoms with van der Waals surface area (Å²) in [5.41, 5.74) is 8.69. The largest absolute Gasteiger partial charge is 0.573 e. The highest BCUT2D eigenvalue weighted by molar-refractivity contribution is 6.04. The number of hydrogen-bond acceptors (Lipinski definition) is 3. The van der Waals surface area contributed by atoms with Crippen molar-refractivity contribution in [3.63, 3.8) is 0 Å². The van der Waals surface area contributed by atoms with Crippen LogP contribution in [0.1, 0.15) is 26.3 Å². The summed E-state index contributed by atoms with van der Waals surface area (Å²) in [4.78, 5) is 0. The Labute approximate surface area is 134 Å². The SMILES string of the molecule is CC.CC1=CC(N)C(=N)C(Cc2ccc(OC(F)(F)F)cc2)=C1. The van der Waals surface area contributed by atoms with Gasteiger partial charge in [-0.3, -0.25) is 0 Å². The van der Waals surface area contributed by atoms with E-state index in [0.29, 0.717) is 12.1 Å². The van der Waals surface area contributed by atoms with Crippen LogP contribution in [0.15, 0.2) is 47.6 Å². The van der Waals surface area contributed by atoms with Crippen molar-refractivity contribution >= 4 is 5.71 Å². The second-order valence-electron chi connectivity index (χ2n) is 4.89. The third-order valence-electron chi connectivity index (χ3n) is 3.08. The smallest absolute Gasteiger partial charge is 0.406 e. The van der Waals surface area contributed by atoms with Gasteiger partial charge in [0, 0.05) is 0 Å². The normalized spacial score (nSPS) is 17.7. The first kappa shape index (κ1) is 19.0. The number of ether oxygens (including phenoxy) is 1. The first-order valence-corrected chi connectivity index (χ1v) is 7.33. The summed E-state index contributed by atoms with van der Waals surface area (Å²) in [6.07, 6.45) is -0.577. The molecule has 0 bridgehead atoms. The Morgan fingerprint density at radius 1 is 1.17 bits per heavy atom. The van der Waals surface area contributed by atoms with Gasteiger partial charge in [-0.05, 0) is 36.6 Å². The number of alkyl halides is 3. The lowest BCUT2D eigenvalue weighted by molar-refractivity contribution is -0.274. The molecule has 0 radical (unpaired) electrons. The van der Waals surface area contributed by atoms with Gasteiger partial charge in [-0.25, -0.2) is 0 Å². The van der Waals surface area contributed by atoms with E-state index in [2.05, 4.69) is 4.74 Å². The molecule has 0 saturated carbocycles. The molecule has 1 aliphatic carbocycles. The van der Waals surface area contributed by atoms with Crippen LogP contribution in [0, 0.1) is 5.41 Å². The minimum Gasteiger partial charge on any atom is -0.406 e. The Balaban J connectivity index is 0.00000127. The molecule has 3 nitrogen and oxygen atoms in total. The molecule has 0 saturated heterocycles. The predicted molar refractivity (Wildman–Crippen MR) is 85.7 cm³/mol. The molecule has 1 aromatic carbocycles. The van der Waals surface area contributed by atoms with E-state index in [1.807, 2.05) is 26.8 Å². The van der Waals surface area contributed by atoms with Crippen LogP contribution in [0.25, 0.3) is 0 Å². The van der Waals surface area contributed by atoms with Crippen LogP contribution in [0.2, 0.25) is 0 Å². The molecule has 1 unspecified atom stereocenters. The van der Waals surface area contributed by atoms with Crippen LogP contribution in [-0.2, 0) is 6.42 Å². The molecule has 23 heavy (non-hydrogen) atoms. The van der Waals surface area contributed by atoms with Crippen molar-refractivity contribution < 1.29 is 17.9 Å². The highest BCUT2D eigenvalue weighted by atomic mass is 19.4.